The van der Waals surface area contributed by atoms with Gasteiger partial charge in [0.1, 0.15) is 23.2 Å². The maximum absolute atomic E-state index is 13.6. The molecule has 0 atom stereocenters. The van der Waals surface area contributed by atoms with E-state index < -0.39 is 0 Å². The lowest BCUT2D eigenvalue weighted by Crippen LogP contribution is -2.32. The summed E-state index contributed by atoms with van der Waals surface area (Å²) < 4.78 is 13.6. The lowest BCUT2D eigenvalue weighted by atomic mass is 9.94. The fourth-order valence-electron chi connectivity index (χ4n) is 5.33. The van der Waals surface area contributed by atoms with Gasteiger partial charge in [0.15, 0.2) is 5.82 Å². The third kappa shape index (κ3) is 5.93. The third-order valence-electron chi connectivity index (χ3n) is 7.53. The Labute approximate surface area is 239 Å². The molecule has 1 N–H and O–H groups in total. The zero-order chi connectivity index (χ0) is 28.2. The predicted octanol–water partition coefficient (Wildman–Crippen LogP) is 6.54. The first-order valence-electron chi connectivity index (χ1n) is 13.9. The number of allylic oxidation sites excluding steroid dienone is 2. The highest BCUT2D eigenvalue weighted by Crippen LogP contribution is 2.30. The van der Waals surface area contributed by atoms with Gasteiger partial charge < -0.3 is 4.90 Å². The highest BCUT2D eigenvalue weighted by atomic mass is 19.1. The zero-order valence-corrected chi connectivity index (χ0v) is 23.0. The fraction of sp³-hybridized carbons (Fsp3) is 0.212. The summed E-state index contributed by atoms with van der Waals surface area (Å²) in [6, 6.07) is 20.9. The van der Waals surface area contributed by atoms with Crippen molar-refractivity contribution in [2.75, 3.05) is 13.1 Å². The molecule has 4 heterocycles. The lowest BCUT2D eigenvalue weighted by molar-refractivity contribution is 0.202. The third-order valence-corrected chi connectivity index (χ3v) is 7.53. The molecule has 6 rings (SSSR count). The Morgan fingerprint density at radius 2 is 1.76 bits per heavy atom. The van der Waals surface area contributed by atoms with Gasteiger partial charge in [-0.1, -0.05) is 55.1 Å². The van der Waals surface area contributed by atoms with Crippen molar-refractivity contribution in [3.05, 3.63) is 132 Å². The molecule has 206 valence electrons. The van der Waals surface area contributed by atoms with Gasteiger partial charge in [-0.3, -0.25) is 15.0 Å². The molecule has 0 radical (unpaired) electrons. The predicted molar refractivity (Wildman–Crippen MR) is 160 cm³/mol. The summed E-state index contributed by atoms with van der Waals surface area (Å²) in [7, 11) is 0. The number of hydrogen-bond acceptors (Lipinski definition) is 6. The normalized spacial score (nSPS) is 16.7. The molecule has 2 aliphatic heterocycles. The van der Waals surface area contributed by atoms with Gasteiger partial charge in [-0.25, -0.2) is 14.4 Å². The van der Waals surface area contributed by atoms with Crippen molar-refractivity contribution in [1.82, 2.24) is 30.0 Å². The van der Waals surface area contributed by atoms with Crippen LogP contribution in [0.4, 0.5) is 4.39 Å². The van der Waals surface area contributed by atoms with Crippen LogP contribution in [0.5, 0.6) is 0 Å². The second-order valence-corrected chi connectivity index (χ2v) is 10.3. The number of pyridine rings is 1. The highest BCUT2D eigenvalue weighted by molar-refractivity contribution is 6.32. The summed E-state index contributed by atoms with van der Waals surface area (Å²) >= 11 is 0. The number of likely N-dealkylation sites (tertiary alicyclic amines) is 1. The topological polar surface area (TPSA) is 73.3 Å². The molecule has 2 aromatic heterocycles. The Kier molecular flexibility index (Phi) is 7.65. The summed E-state index contributed by atoms with van der Waals surface area (Å²) in [6.07, 6.45) is 9.68. The minimum atomic E-state index is -0.262. The van der Waals surface area contributed by atoms with E-state index >= 15 is 0 Å². The highest BCUT2D eigenvalue weighted by Gasteiger charge is 2.24. The number of nitrogens with zero attached hydrogens (tertiary/aromatic N) is 6. The average molecular weight is 546 g/mol. The standard InChI is InChI=1S/C33H32FN7/c1-3-18-41-22-29(25-11-13-28(34)14-12-25)31(36-23(41)2)26-9-7-24(8-10-26)21-40-19-15-27(16-20-40)32-37-33(39-38-32)30-6-4-5-17-35-30/h3-14,17-18,22,27H,2,15-16,19-21H2,1H3,(H,37,38,39)/b18-3-. The average Bonchev–Trinajstić information content (AvgIpc) is 3.50. The second-order valence-electron chi connectivity index (χ2n) is 10.3. The second kappa shape index (κ2) is 11.8. The van der Waals surface area contributed by atoms with Crippen molar-refractivity contribution in [2.45, 2.75) is 32.2 Å². The van der Waals surface area contributed by atoms with Gasteiger partial charge in [-0.05, 0) is 68.2 Å². The van der Waals surface area contributed by atoms with Gasteiger partial charge >= 0.3 is 0 Å². The number of H-pyrrole nitrogens is 1. The maximum atomic E-state index is 13.6. The molecule has 0 amide bonds. The number of rotatable bonds is 7. The number of halogens is 1. The number of hydrogen-bond donors (Lipinski definition) is 1. The van der Waals surface area contributed by atoms with Crippen LogP contribution in [0.2, 0.25) is 0 Å². The van der Waals surface area contributed by atoms with Crippen LogP contribution in [-0.4, -0.2) is 48.8 Å². The fourth-order valence-corrected chi connectivity index (χ4v) is 5.33. The lowest BCUT2D eigenvalue weighted by Gasteiger charge is -2.31. The number of nitrogens with one attached hydrogen (secondary N) is 1. The van der Waals surface area contributed by atoms with E-state index in [9.17, 15) is 4.39 Å². The van der Waals surface area contributed by atoms with Crippen molar-refractivity contribution in [2.24, 2.45) is 4.99 Å². The minimum absolute atomic E-state index is 0.262. The van der Waals surface area contributed by atoms with Crippen molar-refractivity contribution < 1.29 is 4.39 Å². The van der Waals surface area contributed by atoms with Crippen LogP contribution >= 0.6 is 0 Å². The summed E-state index contributed by atoms with van der Waals surface area (Å²) in [4.78, 5) is 18.3. The van der Waals surface area contributed by atoms with E-state index in [0.29, 0.717) is 17.6 Å². The smallest absolute Gasteiger partial charge is 0.199 e. The Morgan fingerprint density at radius 3 is 2.46 bits per heavy atom. The van der Waals surface area contributed by atoms with E-state index in [-0.39, 0.29) is 5.82 Å². The molecule has 2 aliphatic rings. The first kappa shape index (κ1) is 26.5. The van der Waals surface area contributed by atoms with Crippen LogP contribution in [-0.2, 0) is 6.54 Å². The molecule has 1 fully saturated rings. The summed E-state index contributed by atoms with van der Waals surface area (Å²) in [5.74, 6) is 2.34. The van der Waals surface area contributed by atoms with E-state index in [1.807, 2.05) is 48.5 Å². The van der Waals surface area contributed by atoms with Gasteiger partial charge in [-0.15, -0.1) is 0 Å². The number of aliphatic imine (C=N–C) groups is 1. The van der Waals surface area contributed by atoms with Gasteiger partial charge in [0.2, 0.25) is 0 Å². The number of aromatic amines is 1. The molecule has 8 heteroatoms. The molecule has 4 aromatic rings. The molecule has 0 saturated carbocycles. The molecule has 2 aromatic carbocycles. The van der Waals surface area contributed by atoms with E-state index in [2.05, 4.69) is 50.9 Å². The van der Waals surface area contributed by atoms with E-state index in [1.54, 1.807) is 18.3 Å². The first-order chi connectivity index (χ1) is 20.1. The van der Waals surface area contributed by atoms with Crippen molar-refractivity contribution in [3.8, 4) is 11.5 Å². The number of piperidine rings is 1. The van der Waals surface area contributed by atoms with Gasteiger partial charge in [0, 0.05) is 42.2 Å². The summed E-state index contributed by atoms with van der Waals surface area (Å²) in [6.45, 7) is 8.97. The van der Waals surface area contributed by atoms with Crippen LogP contribution in [0.15, 0.2) is 109 Å². The van der Waals surface area contributed by atoms with Crippen molar-refractivity contribution in [1.29, 1.82) is 0 Å². The Hall–Kier alpha value is -4.69. The molecule has 0 aliphatic carbocycles. The Morgan fingerprint density at radius 1 is 1.00 bits per heavy atom. The molecule has 0 unspecified atom stereocenters. The molecule has 0 spiro atoms. The Bertz CT molecular complexity index is 1590. The molecular formula is C33H32FN7. The molecule has 7 nitrogen and oxygen atoms in total. The molecule has 41 heavy (non-hydrogen) atoms. The van der Waals surface area contributed by atoms with Crippen LogP contribution < -0.4 is 0 Å². The molecule has 0 bridgehead atoms. The maximum Gasteiger partial charge on any atom is 0.199 e. The molecular weight excluding hydrogens is 513 g/mol. The summed E-state index contributed by atoms with van der Waals surface area (Å²) in [5.41, 5.74) is 5.68. The largest absolute Gasteiger partial charge is 0.309 e. The Balaban J connectivity index is 1.11. The van der Waals surface area contributed by atoms with Gasteiger partial charge in [0.05, 0.1) is 5.71 Å². The zero-order valence-electron chi connectivity index (χ0n) is 23.0. The SMILES string of the molecule is C=C1N=C(c2ccc(CN3CCC(c4nc(-c5ccccn5)n[nH]4)CC3)cc2)C(c2ccc(F)cc2)=CN1/C=C\C. The van der Waals surface area contributed by atoms with E-state index in [1.165, 1.54) is 17.7 Å². The first-order valence-corrected chi connectivity index (χ1v) is 13.9. The molecule has 1 saturated heterocycles. The van der Waals surface area contributed by atoms with Crippen LogP contribution in [0, 0.1) is 5.82 Å². The van der Waals surface area contributed by atoms with Gasteiger partial charge in [-0.2, -0.15) is 5.10 Å². The van der Waals surface area contributed by atoms with Crippen LogP contribution in [0.25, 0.3) is 17.1 Å². The monoisotopic (exact) mass is 545 g/mol. The number of benzene rings is 2. The summed E-state index contributed by atoms with van der Waals surface area (Å²) in [5, 5.41) is 7.53. The minimum Gasteiger partial charge on any atom is -0.309 e. The van der Waals surface area contributed by atoms with Crippen molar-refractivity contribution in [3.63, 3.8) is 0 Å². The number of aromatic nitrogens is 4. The van der Waals surface area contributed by atoms with E-state index in [4.69, 9.17) is 9.98 Å². The van der Waals surface area contributed by atoms with Crippen LogP contribution in [0.1, 0.15) is 48.2 Å². The van der Waals surface area contributed by atoms with Gasteiger partial charge in [0.25, 0.3) is 0 Å². The quantitative estimate of drug-likeness (QED) is 0.286. The van der Waals surface area contributed by atoms with Crippen molar-refractivity contribution >= 4 is 11.3 Å². The van der Waals surface area contributed by atoms with Crippen LogP contribution in [0.3, 0.4) is 0 Å². The van der Waals surface area contributed by atoms with E-state index in [0.717, 1.165) is 66.4 Å².